The Kier molecular flexibility index (Phi) is 8.34. The molecule has 0 unspecified atom stereocenters. The Balaban J connectivity index is 0.00000348. The number of pyridine rings is 2. The Labute approximate surface area is 310 Å². The molecule has 1 aliphatic heterocycles. The molecule has 3 nitrogen and oxygen atoms in total. The zero-order chi connectivity index (χ0) is 32.4. The number of rotatable bonds is 5. The van der Waals surface area contributed by atoms with Crippen LogP contribution in [0.15, 0.2) is 116 Å². The zero-order valence-corrected chi connectivity index (χ0v) is 31.7. The molecular weight excluding hydrogens is 867 g/mol. The topological polar surface area (TPSA) is 35.0 Å². The first-order valence-electron chi connectivity index (χ1n) is 15.9. The van der Waals surface area contributed by atoms with E-state index >= 15 is 0 Å². The van der Waals surface area contributed by atoms with E-state index in [1.807, 2.05) is 30.6 Å². The molecule has 0 bridgehead atoms. The minimum absolute atomic E-state index is 0. The van der Waals surface area contributed by atoms with Gasteiger partial charge in [-0.05, 0) is 24.1 Å². The van der Waals surface area contributed by atoms with Gasteiger partial charge in [0.25, 0.3) is 0 Å². The van der Waals surface area contributed by atoms with Crippen LogP contribution in [0.4, 0.5) is 0 Å². The number of hydrogen-bond acceptors (Lipinski definition) is 4. The Hall–Kier alpha value is -4.37. The van der Waals surface area contributed by atoms with Gasteiger partial charge in [0.1, 0.15) is 0 Å². The van der Waals surface area contributed by atoms with Gasteiger partial charge in [-0.2, -0.15) is 0 Å². The van der Waals surface area contributed by atoms with E-state index in [1.54, 1.807) is 11.3 Å². The van der Waals surface area contributed by atoms with E-state index in [0.717, 1.165) is 32.8 Å². The maximum Gasteiger partial charge on any atom is 2.00 e. The number of benzene rings is 5. The van der Waals surface area contributed by atoms with Gasteiger partial charge < -0.3 is 0 Å². The number of aryl methyl sites for hydroxylation is 3. The van der Waals surface area contributed by atoms with Crippen molar-refractivity contribution in [3.63, 3.8) is 0 Å². The molecule has 8 aromatic rings. The Bertz CT molecular complexity index is 2560. The van der Waals surface area contributed by atoms with Crippen LogP contribution in [0, 0.1) is 32.9 Å². The maximum absolute atomic E-state index is 6.50. The molecule has 6 heteroatoms. The second-order valence-corrected chi connectivity index (χ2v) is 15.4. The van der Waals surface area contributed by atoms with Crippen LogP contribution in [0.5, 0.6) is 11.5 Å². The molecule has 0 atom stereocenters. The molecule has 0 N–H and O–H groups in total. The predicted molar refractivity (Wildman–Crippen MR) is 200 cm³/mol. The second-order valence-electron chi connectivity index (χ2n) is 12.2. The standard InChI is InChI=1S/C43H28N2OSSe.Pt/c1-25-21-30(40-43-36(18-20-45-40)35-16-15-26(2)33-13-8-14-37(48-43)38(33)35)24-32(22-25)46-31-12-7-11-29(23-31)39-42-34(17-19-44-39)27(3)41(47-42)28-9-5-4-6-10-28;/h4-22H,1-3H3;/q-2;+2. The molecule has 0 saturated carbocycles. The van der Waals surface area contributed by atoms with E-state index in [-0.39, 0.29) is 36.0 Å². The number of ether oxygens (including phenoxy) is 1. The van der Waals surface area contributed by atoms with Crippen molar-refractivity contribution >= 4 is 56.1 Å². The molecule has 0 aliphatic carbocycles. The fourth-order valence-electron chi connectivity index (χ4n) is 6.73. The zero-order valence-electron chi connectivity index (χ0n) is 26.9. The van der Waals surface area contributed by atoms with Gasteiger partial charge in [-0.3, -0.25) is 0 Å². The molecular formula is C43H28N2OPtSSe. The molecule has 5 aromatic carbocycles. The third-order valence-corrected chi connectivity index (χ3v) is 12.8. The van der Waals surface area contributed by atoms with E-state index in [4.69, 9.17) is 14.7 Å². The summed E-state index contributed by atoms with van der Waals surface area (Å²) < 4.78 is 10.3. The van der Waals surface area contributed by atoms with Crippen LogP contribution in [0.2, 0.25) is 0 Å². The third-order valence-electron chi connectivity index (χ3n) is 9.00. The average Bonchev–Trinajstić information content (AvgIpc) is 3.45. The fraction of sp³-hybridized carbons (Fsp3) is 0.0698. The van der Waals surface area contributed by atoms with Crippen molar-refractivity contribution in [1.82, 2.24) is 9.97 Å². The molecule has 3 aromatic heterocycles. The fourth-order valence-corrected chi connectivity index (χ4v) is 10.6. The maximum atomic E-state index is 6.50. The normalized spacial score (nSPS) is 11.7. The average molecular weight is 895 g/mol. The van der Waals surface area contributed by atoms with Gasteiger partial charge in [-0.25, -0.2) is 0 Å². The minimum atomic E-state index is 0. The van der Waals surface area contributed by atoms with Crippen molar-refractivity contribution in [2.24, 2.45) is 0 Å². The van der Waals surface area contributed by atoms with E-state index in [0.29, 0.717) is 11.5 Å². The van der Waals surface area contributed by atoms with E-state index in [2.05, 4.69) is 118 Å². The summed E-state index contributed by atoms with van der Waals surface area (Å²) in [5, 5.41) is 3.94. The molecule has 0 saturated heterocycles. The number of thiophene rings is 1. The SMILES string of the molecule is Cc1cc(Oc2[c-]c(-c3nccc4c(C)c(-c5ccccc5)sc34)ccc2)[c-]c(-c2nccc3c2[Se]c2cccc4c(C)ccc-3c24)c1.[Pt+2]. The van der Waals surface area contributed by atoms with Crippen LogP contribution in [0.25, 0.3) is 64.9 Å². The third kappa shape index (κ3) is 5.56. The van der Waals surface area contributed by atoms with Crippen LogP contribution in [0.3, 0.4) is 0 Å². The first-order valence-corrected chi connectivity index (χ1v) is 18.4. The summed E-state index contributed by atoms with van der Waals surface area (Å²) in [6.45, 7) is 6.48. The summed E-state index contributed by atoms with van der Waals surface area (Å²) in [6, 6.07) is 43.3. The molecule has 0 fully saturated rings. The van der Waals surface area contributed by atoms with Crippen LogP contribution < -0.4 is 13.7 Å². The minimum Gasteiger partial charge on any atom is 2.00 e. The molecule has 0 radical (unpaired) electrons. The van der Waals surface area contributed by atoms with E-state index < -0.39 is 0 Å². The van der Waals surface area contributed by atoms with Crippen molar-refractivity contribution < 1.29 is 25.8 Å². The first kappa shape index (κ1) is 31.9. The van der Waals surface area contributed by atoms with Crippen molar-refractivity contribution in [2.75, 3.05) is 0 Å². The summed E-state index contributed by atoms with van der Waals surface area (Å²) in [5.74, 6) is 1.27. The molecule has 49 heavy (non-hydrogen) atoms. The predicted octanol–water partition coefficient (Wildman–Crippen LogP) is 9.80. The molecule has 0 amide bonds. The number of fused-ring (bicyclic) bond motifs is 3. The van der Waals surface area contributed by atoms with Gasteiger partial charge in [0, 0.05) is 4.88 Å². The molecule has 1 aliphatic rings. The monoisotopic (exact) mass is 895 g/mol. The molecule has 4 heterocycles. The Morgan fingerprint density at radius 1 is 0.673 bits per heavy atom. The van der Waals surface area contributed by atoms with Crippen molar-refractivity contribution in [1.29, 1.82) is 0 Å². The molecule has 238 valence electrons. The van der Waals surface area contributed by atoms with Gasteiger partial charge in [-0.15, -0.1) is 0 Å². The van der Waals surface area contributed by atoms with Crippen molar-refractivity contribution in [3.05, 3.63) is 144 Å². The van der Waals surface area contributed by atoms with Crippen LogP contribution in [0.1, 0.15) is 16.7 Å². The largest absolute Gasteiger partial charge is 2.00 e. The van der Waals surface area contributed by atoms with Gasteiger partial charge in [-0.1, -0.05) is 30.3 Å². The summed E-state index contributed by atoms with van der Waals surface area (Å²) in [5.41, 5.74) is 11.2. The van der Waals surface area contributed by atoms with Crippen molar-refractivity contribution in [2.45, 2.75) is 20.8 Å². The summed E-state index contributed by atoms with van der Waals surface area (Å²) in [6.07, 6.45) is 3.82. The van der Waals surface area contributed by atoms with Crippen LogP contribution in [-0.2, 0) is 21.1 Å². The summed E-state index contributed by atoms with van der Waals surface area (Å²) in [4.78, 5) is 11.0. The van der Waals surface area contributed by atoms with Gasteiger partial charge in [0.2, 0.25) is 0 Å². The summed E-state index contributed by atoms with van der Waals surface area (Å²) >= 11 is 1.89. The van der Waals surface area contributed by atoms with Crippen LogP contribution in [-0.4, -0.2) is 24.9 Å². The van der Waals surface area contributed by atoms with Gasteiger partial charge >= 0.3 is 253 Å². The molecule has 9 rings (SSSR count). The number of aromatic nitrogens is 2. The first-order chi connectivity index (χ1) is 23.5. The molecule has 0 spiro atoms. The number of hydrogen-bond donors (Lipinski definition) is 0. The van der Waals surface area contributed by atoms with Gasteiger partial charge in [0.15, 0.2) is 0 Å². The van der Waals surface area contributed by atoms with E-state index in [9.17, 15) is 0 Å². The summed E-state index contributed by atoms with van der Waals surface area (Å²) in [7, 11) is 0. The van der Waals surface area contributed by atoms with Crippen LogP contribution >= 0.6 is 11.3 Å². The Morgan fingerprint density at radius 2 is 1.47 bits per heavy atom. The smallest absolute Gasteiger partial charge is 2.00 e. The van der Waals surface area contributed by atoms with Crippen molar-refractivity contribution in [3.8, 4) is 55.6 Å². The Morgan fingerprint density at radius 3 is 2.35 bits per heavy atom. The second kappa shape index (κ2) is 12.8. The number of nitrogens with zero attached hydrogens (tertiary/aromatic N) is 2. The quantitative estimate of drug-likeness (QED) is 0.128. The van der Waals surface area contributed by atoms with Gasteiger partial charge in [0.05, 0.1) is 0 Å². The van der Waals surface area contributed by atoms with E-state index in [1.165, 1.54) is 57.8 Å².